The summed E-state index contributed by atoms with van der Waals surface area (Å²) in [6, 6.07) is 13.9. The van der Waals surface area contributed by atoms with Crippen LogP contribution in [0.3, 0.4) is 0 Å². The van der Waals surface area contributed by atoms with Gasteiger partial charge in [0, 0.05) is 28.0 Å². The lowest BCUT2D eigenvalue weighted by Crippen LogP contribution is -2.24. The van der Waals surface area contributed by atoms with E-state index in [-0.39, 0.29) is 6.67 Å². The van der Waals surface area contributed by atoms with E-state index in [0.29, 0.717) is 0 Å². The van der Waals surface area contributed by atoms with Crippen LogP contribution in [0.15, 0.2) is 42.5 Å². The highest BCUT2D eigenvalue weighted by atomic mass is 15.4. The van der Waals surface area contributed by atoms with Crippen molar-refractivity contribution in [1.82, 2.24) is 10.2 Å². The summed E-state index contributed by atoms with van der Waals surface area (Å²) in [5.41, 5.74) is 7.82. The van der Waals surface area contributed by atoms with Crippen molar-refractivity contribution >= 4 is 17.1 Å². The van der Waals surface area contributed by atoms with Crippen molar-refractivity contribution in [3.8, 4) is 11.3 Å². The van der Waals surface area contributed by atoms with E-state index in [1.807, 2.05) is 43.0 Å². The van der Waals surface area contributed by atoms with Crippen molar-refractivity contribution in [2.24, 2.45) is 0 Å². The molecule has 1 N–H and O–H groups in total. The van der Waals surface area contributed by atoms with Gasteiger partial charge in [0.15, 0.2) is 0 Å². The van der Waals surface area contributed by atoms with Crippen molar-refractivity contribution in [1.29, 1.82) is 0 Å². The minimum Gasteiger partial charge on any atom is -0.355 e. The third kappa shape index (κ3) is 2.26. The lowest BCUT2D eigenvalue weighted by Gasteiger charge is -2.21. The molecule has 24 heavy (non-hydrogen) atoms. The molecule has 1 aromatic heterocycles. The molecule has 0 aliphatic carbocycles. The van der Waals surface area contributed by atoms with Gasteiger partial charge in [0.05, 0.1) is 23.7 Å². The Balaban J connectivity index is 1.82. The normalized spacial score (nSPS) is 15.9. The van der Waals surface area contributed by atoms with E-state index in [4.69, 9.17) is 4.11 Å². The summed E-state index contributed by atoms with van der Waals surface area (Å²) in [5.74, 6) is 0. The van der Waals surface area contributed by atoms with Gasteiger partial charge in [0.2, 0.25) is 0 Å². The van der Waals surface area contributed by atoms with E-state index in [1.165, 1.54) is 4.90 Å². The summed E-state index contributed by atoms with van der Waals surface area (Å²) in [5, 5.41) is 7.49. The van der Waals surface area contributed by atoms with E-state index in [1.54, 1.807) is 0 Å². The van der Waals surface area contributed by atoms with Crippen LogP contribution in [0.4, 0.5) is 17.1 Å². The maximum absolute atomic E-state index is 7.88. The highest BCUT2D eigenvalue weighted by Crippen LogP contribution is 2.40. The number of hydrogen-bond donors (Lipinski definition) is 1. The SMILES string of the molecule is [2H]C([2H])([2H])N1CN(c2cc(C)cc(-c3n[nH]c(C)c3C)c2)c2ccccc21. The number of para-hydroxylation sites is 2. The summed E-state index contributed by atoms with van der Waals surface area (Å²) in [4.78, 5) is 3.52. The molecule has 0 amide bonds. The first kappa shape index (κ1) is 11.7. The van der Waals surface area contributed by atoms with Crippen molar-refractivity contribution < 1.29 is 4.11 Å². The van der Waals surface area contributed by atoms with Crippen LogP contribution in [0.25, 0.3) is 11.3 Å². The molecule has 0 unspecified atom stereocenters. The molecule has 0 saturated heterocycles. The molecule has 2 aromatic carbocycles. The third-order valence-electron chi connectivity index (χ3n) is 4.65. The summed E-state index contributed by atoms with van der Waals surface area (Å²) in [7, 11) is 0. The van der Waals surface area contributed by atoms with Crippen LogP contribution in [0.2, 0.25) is 0 Å². The lowest BCUT2D eigenvalue weighted by molar-refractivity contribution is 0.949. The zero-order chi connectivity index (χ0) is 19.3. The van der Waals surface area contributed by atoms with Crippen LogP contribution in [-0.2, 0) is 0 Å². The molecule has 0 radical (unpaired) electrons. The van der Waals surface area contributed by atoms with Crippen LogP contribution in [0.1, 0.15) is 20.9 Å². The monoisotopic (exact) mass is 321 g/mol. The molecule has 1 aliphatic rings. The minimum absolute atomic E-state index is 0.289. The summed E-state index contributed by atoms with van der Waals surface area (Å²) in [6.07, 6.45) is 0. The quantitative estimate of drug-likeness (QED) is 0.752. The van der Waals surface area contributed by atoms with E-state index in [0.717, 1.165) is 45.1 Å². The Morgan fingerprint density at radius 2 is 1.88 bits per heavy atom. The van der Waals surface area contributed by atoms with Crippen LogP contribution in [0, 0.1) is 20.8 Å². The number of aryl methyl sites for hydroxylation is 2. The van der Waals surface area contributed by atoms with Gasteiger partial charge < -0.3 is 9.80 Å². The Kier molecular flexibility index (Phi) is 2.64. The van der Waals surface area contributed by atoms with Crippen LogP contribution in [-0.4, -0.2) is 23.8 Å². The number of anilines is 3. The van der Waals surface area contributed by atoms with Crippen LogP contribution >= 0.6 is 0 Å². The van der Waals surface area contributed by atoms with Crippen molar-refractivity contribution in [3.63, 3.8) is 0 Å². The Morgan fingerprint density at radius 1 is 1.08 bits per heavy atom. The molecule has 4 heteroatoms. The zero-order valence-electron chi connectivity index (χ0n) is 17.1. The topological polar surface area (TPSA) is 35.2 Å². The first-order chi connectivity index (χ1) is 12.8. The fourth-order valence-electron chi connectivity index (χ4n) is 3.26. The van der Waals surface area contributed by atoms with Gasteiger partial charge in [-0.3, -0.25) is 5.10 Å². The first-order valence-electron chi connectivity index (χ1n) is 9.53. The number of H-pyrrole nitrogens is 1. The number of nitrogens with zero attached hydrogens (tertiary/aromatic N) is 3. The third-order valence-corrected chi connectivity index (χ3v) is 4.65. The minimum atomic E-state index is -2.19. The Hall–Kier alpha value is -2.75. The maximum Gasteiger partial charge on any atom is 0.0953 e. The van der Waals surface area contributed by atoms with Gasteiger partial charge in [-0.05, 0) is 62.2 Å². The second-order valence-corrected chi connectivity index (χ2v) is 6.37. The molecule has 122 valence electrons. The van der Waals surface area contributed by atoms with Gasteiger partial charge >= 0.3 is 0 Å². The molecular formula is C20H22N4. The molecule has 4 nitrogen and oxygen atoms in total. The number of hydrogen-bond acceptors (Lipinski definition) is 3. The lowest BCUT2D eigenvalue weighted by atomic mass is 10.0. The van der Waals surface area contributed by atoms with Gasteiger partial charge in [-0.1, -0.05) is 12.1 Å². The Labute approximate surface area is 146 Å². The number of nitrogens with one attached hydrogen (secondary N) is 1. The number of aromatic amines is 1. The molecule has 4 rings (SSSR count). The smallest absolute Gasteiger partial charge is 0.0953 e. The van der Waals surface area contributed by atoms with E-state index < -0.39 is 6.98 Å². The van der Waals surface area contributed by atoms with E-state index in [9.17, 15) is 0 Å². The Bertz CT molecular complexity index is 1010. The second kappa shape index (κ2) is 5.41. The molecule has 0 bridgehead atoms. The fraction of sp³-hybridized carbons (Fsp3) is 0.250. The van der Waals surface area contributed by atoms with Crippen molar-refractivity contribution in [2.45, 2.75) is 20.8 Å². The number of aromatic nitrogens is 2. The molecule has 0 spiro atoms. The van der Waals surface area contributed by atoms with Gasteiger partial charge in [-0.15, -0.1) is 0 Å². The van der Waals surface area contributed by atoms with Gasteiger partial charge in [-0.25, -0.2) is 0 Å². The number of fused-ring (bicyclic) bond motifs is 1. The second-order valence-electron chi connectivity index (χ2n) is 6.37. The highest BCUT2D eigenvalue weighted by molar-refractivity contribution is 5.83. The molecule has 1 aliphatic heterocycles. The van der Waals surface area contributed by atoms with Crippen LogP contribution < -0.4 is 9.80 Å². The van der Waals surface area contributed by atoms with Crippen molar-refractivity contribution in [3.05, 3.63) is 59.3 Å². The maximum atomic E-state index is 7.88. The predicted octanol–water partition coefficient (Wildman–Crippen LogP) is 4.55. The standard InChI is InChI=1S/C20H22N4/c1-13-9-16(20-14(2)15(3)21-22-20)11-17(10-13)24-12-23(4)18-7-5-6-8-19(18)24/h5-11H,12H2,1-4H3,(H,21,22)/i4D3. The van der Waals surface area contributed by atoms with Gasteiger partial charge in [0.1, 0.15) is 0 Å². The zero-order valence-corrected chi connectivity index (χ0v) is 14.1. The summed E-state index contributed by atoms with van der Waals surface area (Å²) >= 11 is 0. The molecular weight excluding hydrogens is 296 g/mol. The molecule has 0 fully saturated rings. The summed E-state index contributed by atoms with van der Waals surface area (Å²) < 4.78 is 23.6. The average Bonchev–Trinajstić information content (AvgIpc) is 3.15. The number of rotatable bonds is 2. The van der Waals surface area contributed by atoms with Gasteiger partial charge in [0.25, 0.3) is 0 Å². The van der Waals surface area contributed by atoms with E-state index >= 15 is 0 Å². The molecule has 0 saturated carbocycles. The number of benzene rings is 2. The summed E-state index contributed by atoms with van der Waals surface area (Å²) in [6.45, 7) is 4.21. The van der Waals surface area contributed by atoms with Crippen molar-refractivity contribution in [2.75, 3.05) is 23.4 Å². The highest BCUT2D eigenvalue weighted by Gasteiger charge is 2.24. The molecule has 2 heterocycles. The predicted molar refractivity (Wildman–Crippen MR) is 100 cm³/mol. The molecule has 3 aromatic rings. The first-order valence-corrected chi connectivity index (χ1v) is 8.03. The average molecular weight is 321 g/mol. The largest absolute Gasteiger partial charge is 0.355 e. The fourth-order valence-corrected chi connectivity index (χ4v) is 3.26. The van der Waals surface area contributed by atoms with Crippen LogP contribution in [0.5, 0.6) is 0 Å². The van der Waals surface area contributed by atoms with Gasteiger partial charge in [-0.2, -0.15) is 5.10 Å². The van der Waals surface area contributed by atoms with E-state index in [2.05, 4.69) is 35.3 Å². The molecule has 0 atom stereocenters. The Morgan fingerprint density at radius 3 is 2.58 bits per heavy atom.